The molecule has 0 fully saturated rings. The van der Waals surface area contributed by atoms with E-state index >= 15 is 0 Å². The van der Waals surface area contributed by atoms with Gasteiger partial charge in [-0.1, -0.05) is 188 Å². The number of fused-ring (bicyclic) bond motifs is 14. The predicted octanol–water partition coefficient (Wildman–Crippen LogP) is 16.2. The largest absolute Gasteiger partial charge is 0.455 e. The van der Waals surface area contributed by atoms with Gasteiger partial charge in [-0.3, -0.25) is 0 Å². The summed E-state index contributed by atoms with van der Waals surface area (Å²) in [6.07, 6.45) is 0. The summed E-state index contributed by atoms with van der Waals surface area (Å²) < 4.78 is 6.65. The Morgan fingerprint density at radius 1 is 0.303 bits per heavy atom. The van der Waals surface area contributed by atoms with Crippen LogP contribution in [0.5, 0.6) is 0 Å². The molecule has 2 aromatic heterocycles. The van der Waals surface area contributed by atoms with Gasteiger partial charge in [0.15, 0.2) is 5.82 Å². The van der Waals surface area contributed by atoms with Crippen molar-refractivity contribution in [1.29, 1.82) is 0 Å². The Hall–Kier alpha value is -8.66. The monoisotopic (exact) mass is 838 g/mol. The SMILES string of the molecule is c1ccc(-c2nc(-c3cc(-c4ccc5ccccc5c4)cc(-c4cccc5c4oc4ccccc45)c3)cc(-c3ccc4c(c3)-c3ccccc3C43c4ccccc4-c4ccccc43)n2)cc1. The minimum atomic E-state index is -0.411. The molecule has 0 saturated heterocycles. The molecule has 0 unspecified atom stereocenters. The van der Waals surface area contributed by atoms with E-state index in [0.717, 1.165) is 72.3 Å². The zero-order chi connectivity index (χ0) is 43.3. The van der Waals surface area contributed by atoms with Gasteiger partial charge >= 0.3 is 0 Å². The Morgan fingerprint density at radius 2 is 0.864 bits per heavy atom. The minimum Gasteiger partial charge on any atom is -0.455 e. The van der Waals surface area contributed by atoms with Crippen molar-refractivity contribution in [2.24, 2.45) is 0 Å². The Morgan fingerprint density at radius 3 is 1.64 bits per heavy atom. The molecule has 306 valence electrons. The molecular weight excluding hydrogens is 801 g/mol. The van der Waals surface area contributed by atoms with E-state index < -0.39 is 5.41 Å². The molecule has 66 heavy (non-hydrogen) atoms. The van der Waals surface area contributed by atoms with E-state index in [4.69, 9.17) is 14.4 Å². The highest BCUT2D eigenvalue weighted by Gasteiger charge is 2.51. The van der Waals surface area contributed by atoms with Gasteiger partial charge in [-0.15, -0.1) is 0 Å². The van der Waals surface area contributed by atoms with Gasteiger partial charge < -0.3 is 4.42 Å². The van der Waals surface area contributed by atoms with Gasteiger partial charge in [0.1, 0.15) is 11.2 Å². The number of hydrogen-bond acceptors (Lipinski definition) is 3. The number of aromatic nitrogens is 2. The Bertz CT molecular complexity index is 3910. The van der Waals surface area contributed by atoms with Gasteiger partial charge in [0, 0.05) is 33.0 Å². The van der Waals surface area contributed by atoms with E-state index in [9.17, 15) is 0 Å². The van der Waals surface area contributed by atoms with Crippen LogP contribution >= 0.6 is 0 Å². The second-order valence-electron chi connectivity index (χ2n) is 17.6. The normalized spacial score (nSPS) is 13.0. The highest BCUT2D eigenvalue weighted by molar-refractivity contribution is 6.10. The van der Waals surface area contributed by atoms with Crippen molar-refractivity contribution >= 4 is 32.7 Å². The first-order valence-corrected chi connectivity index (χ1v) is 22.6. The van der Waals surface area contributed by atoms with Gasteiger partial charge in [0.2, 0.25) is 0 Å². The summed E-state index contributed by atoms with van der Waals surface area (Å²) in [5.41, 5.74) is 20.7. The molecule has 12 aromatic rings. The number of furan rings is 1. The van der Waals surface area contributed by atoms with Crippen molar-refractivity contribution in [3.05, 3.63) is 253 Å². The summed E-state index contributed by atoms with van der Waals surface area (Å²) >= 11 is 0. The minimum absolute atomic E-state index is 0.411. The van der Waals surface area contributed by atoms with Crippen LogP contribution in [-0.2, 0) is 5.41 Å². The summed E-state index contributed by atoms with van der Waals surface area (Å²) in [5.74, 6) is 0.677. The molecule has 0 amide bonds. The van der Waals surface area contributed by atoms with Crippen LogP contribution in [0, 0.1) is 0 Å². The molecule has 0 radical (unpaired) electrons. The van der Waals surface area contributed by atoms with Crippen molar-refractivity contribution in [2.45, 2.75) is 5.41 Å². The van der Waals surface area contributed by atoms with Gasteiger partial charge in [0.05, 0.1) is 16.8 Å². The van der Waals surface area contributed by atoms with Crippen LogP contribution < -0.4 is 0 Å². The molecule has 0 bridgehead atoms. The third-order valence-corrected chi connectivity index (χ3v) is 14.1. The third-order valence-electron chi connectivity index (χ3n) is 14.1. The molecule has 2 aliphatic carbocycles. The average Bonchev–Trinajstić information content (AvgIpc) is 4.03. The number of hydrogen-bond donors (Lipinski definition) is 0. The van der Waals surface area contributed by atoms with Crippen LogP contribution in [0.2, 0.25) is 0 Å². The topological polar surface area (TPSA) is 38.9 Å². The molecule has 0 saturated carbocycles. The quantitative estimate of drug-likeness (QED) is 0.173. The van der Waals surface area contributed by atoms with E-state index in [0.29, 0.717) is 5.82 Å². The van der Waals surface area contributed by atoms with Gasteiger partial charge in [-0.25, -0.2) is 9.97 Å². The summed E-state index contributed by atoms with van der Waals surface area (Å²) in [6, 6.07) is 83.3. The van der Waals surface area contributed by atoms with Gasteiger partial charge in [-0.2, -0.15) is 0 Å². The lowest BCUT2D eigenvalue weighted by atomic mass is 9.70. The molecule has 0 atom stereocenters. The molecular formula is C63H38N2O. The van der Waals surface area contributed by atoms with Crippen molar-refractivity contribution in [3.8, 4) is 78.4 Å². The van der Waals surface area contributed by atoms with Crippen LogP contribution in [0.3, 0.4) is 0 Å². The van der Waals surface area contributed by atoms with Crippen LogP contribution in [0.15, 0.2) is 235 Å². The first-order chi connectivity index (χ1) is 32.7. The Kier molecular flexibility index (Phi) is 7.90. The van der Waals surface area contributed by atoms with E-state index in [2.05, 4.69) is 212 Å². The second-order valence-corrected chi connectivity index (χ2v) is 17.6. The third kappa shape index (κ3) is 5.38. The second kappa shape index (κ2) is 14.2. The summed E-state index contributed by atoms with van der Waals surface area (Å²) in [5, 5.41) is 4.61. The maximum Gasteiger partial charge on any atom is 0.160 e. The van der Waals surface area contributed by atoms with E-state index in [1.807, 2.05) is 18.2 Å². The molecule has 3 heteroatoms. The molecule has 0 N–H and O–H groups in total. The van der Waals surface area contributed by atoms with Crippen LogP contribution in [0.1, 0.15) is 22.3 Å². The fourth-order valence-electron chi connectivity index (χ4n) is 11.2. The van der Waals surface area contributed by atoms with Crippen LogP contribution in [-0.4, -0.2) is 9.97 Å². The fourth-order valence-corrected chi connectivity index (χ4v) is 11.2. The van der Waals surface area contributed by atoms with Crippen molar-refractivity contribution in [2.75, 3.05) is 0 Å². The van der Waals surface area contributed by atoms with E-state index in [1.54, 1.807) is 0 Å². The number of nitrogens with zero attached hydrogens (tertiary/aromatic N) is 2. The first kappa shape index (κ1) is 36.8. The standard InChI is InChI=1S/C63H38N2O/c1-2-16-40(17-3-1)62-64-58(43-31-32-57-53(37-43)50-21-8-12-27-56(50)63(57)54-25-10-6-19-48(54)49-20-7-11-26-55(49)63)38-59(65-62)46-35-44(42-30-29-39-15-4-5-18-41(39)33-42)34-45(36-46)47-23-14-24-52-51-22-9-13-28-60(51)66-61(47)52/h1-38H. The van der Waals surface area contributed by atoms with Gasteiger partial charge in [-0.05, 0) is 114 Å². The van der Waals surface area contributed by atoms with Crippen molar-refractivity contribution in [1.82, 2.24) is 9.97 Å². The number of benzene rings is 10. The van der Waals surface area contributed by atoms with E-state index in [-0.39, 0.29) is 0 Å². The lowest BCUT2D eigenvalue weighted by molar-refractivity contribution is 0.670. The molecule has 3 nitrogen and oxygen atoms in total. The first-order valence-electron chi connectivity index (χ1n) is 22.6. The zero-order valence-electron chi connectivity index (χ0n) is 35.7. The lowest BCUT2D eigenvalue weighted by Crippen LogP contribution is -2.25. The predicted molar refractivity (Wildman–Crippen MR) is 270 cm³/mol. The molecule has 10 aromatic carbocycles. The smallest absolute Gasteiger partial charge is 0.160 e. The fraction of sp³-hybridized carbons (Fsp3) is 0.0159. The number of rotatable bonds is 5. The summed E-state index contributed by atoms with van der Waals surface area (Å²) in [4.78, 5) is 10.8. The zero-order valence-corrected chi connectivity index (χ0v) is 35.7. The molecule has 2 aliphatic rings. The summed E-state index contributed by atoms with van der Waals surface area (Å²) in [7, 11) is 0. The molecule has 2 heterocycles. The lowest BCUT2D eigenvalue weighted by Gasteiger charge is -2.30. The van der Waals surface area contributed by atoms with Crippen molar-refractivity contribution in [3.63, 3.8) is 0 Å². The van der Waals surface area contributed by atoms with Crippen LogP contribution in [0.25, 0.3) is 111 Å². The number of para-hydroxylation sites is 2. The maximum absolute atomic E-state index is 6.65. The van der Waals surface area contributed by atoms with E-state index in [1.165, 1.54) is 55.3 Å². The summed E-state index contributed by atoms with van der Waals surface area (Å²) in [6.45, 7) is 0. The highest BCUT2D eigenvalue weighted by atomic mass is 16.3. The molecule has 0 aliphatic heterocycles. The Labute approximate surface area is 382 Å². The highest BCUT2D eigenvalue weighted by Crippen LogP contribution is 2.63. The van der Waals surface area contributed by atoms with Crippen molar-refractivity contribution < 1.29 is 4.42 Å². The Balaban J connectivity index is 0.993. The molecule has 1 spiro atoms. The van der Waals surface area contributed by atoms with Gasteiger partial charge in [0.25, 0.3) is 0 Å². The average molecular weight is 839 g/mol. The maximum atomic E-state index is 6.65. The van der Waals surface area contributed by atoms with Crippen LogP contribution in [0.4, 0.5) is 0 Å². The molecule has 14 rings (SSSR count).